The van der Waals surface area contributed by atoms with E-state index in [0.29, 0.717) is 5.56 Å². The Balaban J connectivity index is 1.59. The van der Waals surface area contributed by atoms with Crippen molar-refractivity contribution in [2.45, 2.75) is 19.1 Å². The Hall–Kier alpha value is -2.20. The molecule has 4 rings (SSSR count). The Bertz CT molecular complexity index is 813. The van der Waals surface area contributed by atoms with Crippen molar-refractivity contribution >= 4 is 16.6 Å². The van der Waals surface area contributed by atoms with Crippen LogP contribution in [0.25, 0.3) is 10.9 Å². The Labute approximate surface area is 153 Å². The second kappa shape index (κ2) is 7.58. The quantitative estimate of drug-likeness (QED) is 0.842. The minimum absolute atomic E-state index is 0.164. The van der Waals surface area contributed by atoms with Gasteiger partial charge in [-0.2, -0.15) is 5.26 Å². The third kappa shape index (κ3) is 3.51. The molecule has 2 atom stereocenters. The lowest BCUT2D eigenvalue weighted by atomic mass is 10.1. The van der Waals surface area contributed by atoms with E-state index in [9.17, 15) is 5.26 Å². The van der Waals surface area contributed by atoms with Gasteiger partial charge >= 0.3 is 0 Å². The van der Waals surface area contributed by atoms with Gasteiger partial charge in [0.05, 0.1) is 36.5 Å². The minimum Gasteiger partial charge on any atom is -0.379 e. The van der Waals surface area contributed by atoms with Crippen LogP contribution in [0.2, 0.25) is 0 Å². The Morgan fingerprint density at radius 2 is 2.08 bits per heavy atom. The summed E-state index contributed by atoms with van der Waals surface area (Å²) >= 11 is 0. The highest BCUT2D eigenvalue weighted by atomic mass is 16.5. The maximum Gasteiger partial charge on any atom is 0.101 e. The number of pyridine rings is 1. The van der Waals surface area contributed by atoms with E-state index in [1.807, 2.05) is 18.2 Å². The molecule has 2 saturated heterocycles. The van der Waals surface area contributed by atoms with Crippen molar-refractivity contribution in [1.29, 1.82) is 5.26 Å². The fourth-order valence-corrected chi connectivity index (χ4v) is 3.94. The summed E-state index contributed by atoms with van der Waals surface area (Å²) in [5, 5.41) is 10.4. The summed E-state index contributed by atoms with van der Waals surface area (Å²) in [4.78, 5) is 9.24. The molecule has 2 fully saturated rings. The number of aromatic nitrogens is 1. The van der Waals surface area contributed by atoms with Gasteiger partial charge in [0.2, 0.25) is 0 Å². The van der Waals surface area contributed by atoms with E-state index in [1.165, 1.54) is 0 Å². The number of benzene rings is 1. The number of morpholine rings is 2. The van der Waals surface area contributed by atoms with E-state index in [0.717, 1.165) is 62.5 Å². The molecule has 6 nitrogen and oxygen atoms in total. The summed E-state index contributed by atoms with van der Waals surface area (Å²) in [5.41, 5.74) is 2.53. The first-order valence-electron chi connectivity index (χ1n) is 9.23. The van der Waals surface area contributed by atoms with Gasteiger partial charge in [0.15, 0.2) is 0 Å². The molecule has 0 N–H and O–H groups in total. The van der Waals surface area contributed by atoms with Crippen LogP contribution in [0.15, 0.2) is 30.5 Å². The molecular weight excluding hydrogens is 328 g/mol. The third-order valence-electron chi connectivity index (χ3n) is 5.10. The molecule has 1 aromatic carbocycles. The molecule has 2 aliphatic heterocycles. The average Bonchev–Trinajstić information content (AvgIpc) is 2.67. The van der Waals surface area contributed by atoms with E-state index >= 15 is 0 Å². The monoisotopic (exact) mass is 352 g/mol. The van der Waals surface area contributed by atoms with Gasteiger partial charge in [0.1, 0.15) is 6.07 Å². The zero-order chi connectivity index (χ0) is 17.9. The smallest absolute Gasteiger partial charge is 0.101 e. The maximum absolute atomic E-state index is 9.36. The first kappa shape index (κ1) is 17.2. The second-order valence-corrected chi connectivity index (χ2v) is 7.03. The zero-order valence-corrected chi connectivity index (χ0v) is 15.1. The van der Waals surface area contributed by atoms with Crippen molar-refractivity contribution in [1.82, 2.24) is 9.88 Å². The first-order valence-corrected chi connectivity index (χ1v) is 9.23. The van der Waals surface area contributed by atoms with E-state index in [4.69, 9.17) is 9.47 Å². The Morgan fingerprint density at radius 3 is 2.88 bits per heavy atom. The minimum atomic E-state index is 0.164. The molecule has 0 unspecified atom stereocenters. The fraction of sp³-hybridized carbons (Fsp3) is 0.500. The molecule has 0 radical (unpaired) electrons. The van der Waals surface area contributed by atoms with Crippen LogP contribution in [-0.4, -0.2) is 68.0 Å². The third-order valence-corrected chi connectivity index (χ3v) is 5.10. The van der Waals surface area contributed by atoms with E-state index in [2.05, 4.69) is 33.8 Å². The van der Waals surface area contributed by atoms with Crippen LogP contribution in [0.3, 0.4) is 0 Å². The van der Waals surface area contributed by atoms with Crippen molar-refractivity contribution in [2.24, 2.45) is 0 Å². The molecule has 0 amide bonds. The van der Waals surface area contributed by atoms with Crippen LogP contribution in [0.4, 0.5) is 5.69 Å². The molecule has 6 heteroatoms. The average molecular weight is 352 g/mol. The van der Waals surface area contributed by atoms with Crippen molar-refractivity contribution in [2.75, 3.05) is 50.8 Å². The summed E-state index contributed by atoms with van der Waals surface area (Å²) in [5.74, 6) is 0. The van der Waals surface area contributed by atoms with Crippen LogP contribution >= 0.6 is 0 Å². The van der Waals surface area contributed by atoms with Crippen molar-refractivity contribution < 1.29 is 9.47 Å². The lowest BCUT2D eigenvalue weighted by Crippen LogP contribution is -2.52. The lowest BCUT2D eigenvalue weighted by Gasteiger charge is -2.41. The number of fused-ring (bicyclic) bond motifs is 1. The molecule has 2 aliphatic rings. The molecule has 3 heterocycles. The Morgan fingerprint density at radius 1 is 1.23 bits per heavy atom. The number of ether oxygens (including phenoxy) is 2. The number of hydrogen-bond acceptors (Lipinski definition) is 6. The molecule has 136 valence electrons. The first-order chi connectivity index (χ1) is 12.7. The van der Waals surface area contributed by atoms with Crippen LogP contribution in [0.5, 0.6) is 0 Å². The summed E-state index contributed by atoms with van der Waals surface area (Å²) < 4.78 is 11.6. The van der Waals surface area contributed by atoms with Crippen LogP contribution < -0.4 is 4.90 Å². The zero-order valence-electron chi connectivity index (χ0n) is 15.1. The molecule has 0 bridgehead atoms. The molecule has 2 aromatic rings. The van der Waals surface area contributed by atoms with Crippen LogP contribution in [-0.2, 0) is 9.47 Å². The van der Waals surface area contributed by atoms with Crippen LogP contribution in [0, 0.1) is 11.3 Å². The molecule has 1 aromatic heterocycles. The number of nitriles is 1. The van der Waals surface area contributed by atoms with Gasteiger partial charge in [-0.3, -0.25) is 9.88 Å². The molecule has 0 aliphatic carbocycles. The molecule has 0 saturated carbocycles. The highest BCUT2D eigenvalue weighted by Gasteiger charge is 2.28. The van der Waals surface area contributed by atoms with Gasteiger partial charge in [0.25, 0.3) is 0 Å². The van der Waals surface area contributed by atoms with E-state index in [1.54, 1.807) is 6.20 Å². The summed E-state index contributed by atoms with van der Waals surface area (Å²) in [6.45, 7) is 8.29. The van der Waals surface area contributed by atoms with Gasteiger partial charge in [0, 0.05) is 50.0 Å². The van der Waals surface area contributed by atoms with Crippen LogP contribution in [0.1, 0.15) is 12.5 Å². The number of nitrogens with zero attached hydrogens (tertiary/aromatic N) is 4. The number of rotatable bonds is 3. The van der Waals surface area contributed by atoms with Gasteiger partial charge in [-0.15, -0.1) is 0 Å². The fourth-order valence-electron chi connectivity index (χ4n) is 3.94. The molecule has 26 heavy (non-hydrogen) atoms. The topological polar surface area (TPSA) is 61.6 Å². The Kier molecular flexibility index (Phi) is 5.02. The summed E-state index contributed by atoms with van der Waals surface area (Å²) in [6, 6.07) is 10.2. The van der Waals surface area contributed by atoms with Gasteiger partial charge in [-0.25, -0.2) is 0 Å². The van der Waals surface area contributed by atoms with Crippen molar-refractivity contribution in [3.05, 3.63) is 36.0 Å². The van der Waals surface area contributed by atoms with Gasteiger partial charge < -0.3 is 14.4 Å². The van der Waals surface area contributed by atoms with Gasteiger partial charge in [-0.1, -0.05) is 0 Å². The summed E-state index contributed by atoms with van der Waals surface area (Å²) in [6.07, 6.45) is 2.08. The molecular formula is C20H24N4O2. The number of anilines is 1. The van der Waals surface area contributed by atoms with E-state index in [-0.39, 0.29) is 12.2 Å². The second-order valence-electron chi connectivity index (χ2n) is 7.03. The van der Waals surface area contributed by atoms with Crippen molar-refractivity contribution in [3.8, 4) is 6.07 Å². The highest BCUT2D eigenvalue weighted by Crippen LogP contribution is 2.30. The number of hydrogen-bond donors (Lipinski definition) is 0. The van der Waals surface area contributed by atoms with Gasteiger partial charge in [-0.05, 0) is 31.2 Å². The standard InChI is InChI=1S/C20H24N4O2/c1-15-12-24(14-17(26-15)13-23-7-9-25-10-8-23)19-5-4-16(11-21)20-18(19)3-2-6-22-20/h2-6,15,17H,7-10,12-14H2,1H3/t15-,17-/m1/s1. The summed E-state index contributed by atoms with van der Waals surface area (Å²) in [7, 11) is 0. The maximum atomic E-state index is 9.36. The van der Waals surface area contributed by atoms with E-state index < -0.39 is 0 Å². The largest absolute Gasteiger partial charge is 0.379 e. The SMILES string of the molecule is C[C@@H]1CN(c2ccc(C#N)c3ncccc23)C[C@@H](CN2CCOCC2)O1. The highest BCUT2D eigenvalue weighted by molar-refractivity contribution is 5.95. The normalized spacial score (nSPS) is 24.5. The molecule has 0 spiro atoms. The predicted octanol–water partition coefficient (Wildman–Crippen LogP) is 2.03. The lowest BCUT2D eigenvalue weighted by molar-refractivity contribution is -0.0482. The van der Waals surface area contributed by atoms with Crippen molar-refractivity contribution in [3.63, 3.8) is 0 Å². The predicted molar refractivity (Wildman–Crippen MR) is 100 cm³/mol.